The zero-order valence-electron chi connectivity index (χ0n) is 11.6. The first-order valence-electron chi connectivity index (χ1n) is 6.66. The summed E-state index contributed by atoms with van der Waals surface area (Å²) < 4.78 is 15.2. The summed E-state index contributed by atoms with van der Waals surface area (Å²) in [6.45, 7) is 2.94. The van der Waals surface area contributed by atoms with Crippen LogP contribution in [0.4, 0.5) is 4.39 Å². The summed E-state index contributed by atoms with van der Waals surface area (Å²) in [6, 6.07) is 5.97. The van der Waals surface area contributed by atoms with Crippen molar-refractivity contribution in [1.29, 1.82) is 0 Å². The van der Waals surface area contributed by atoms with Crippen molar-refractivity contribution >= 4 is 34.2 Å². The molecule has 1 N–H and O–H groups in total. The predicted molar refractivity (Wildman–Crippen MR) is 87.2 cm³/mol. The molecule has 1 aliphatic heterocycles. The van der Waals surface area contributed by atoms with E-state index in [9.17, 15) is 9.18 Å². The van der Waals surface area contributed by atoms with Gasteiger partial charge in [-0.1, -0.05) is 0 Å². The SMILES string of the molecule is Cl.O=C(c1nn(-c2ccc(F)cc2)cc1Br)N1CCNCC1. The monoisotopic (exact) mass is 388 g/mol. The zero-order valence-corrected chi connectivity index (χ0v) is 14.0. The largest absolute Gasteiger partial charge is 0.335 e. The van der Waals surface area contributed by atoms with Crippen molar-refractivity contribution in [1.82, 2.24) is 20.0 Å². The van der Waals surface area contributed by atoms with Crippen LogP contribution in [0.3, 0.4) is 0 Å². The molecule has 8 heteroatoms. The van der Waals surface area contributed by atoms with Gasteiger partial charge in [-0.3, -0.25) is 4.79 Å². The predicted octanol–water partition coefficient (Wildman–Crippen LogP) is 2.24. The summed E-state index contributed by atoms with van der Waals surface area (Å²) in [5.41, 5.74) is 1.08. The van der Waals surface area contributed by atoms with E-state index < -0.39 is 0 Å². The molecule has 0 saturated carbocycles. The number of carbonyl (C=O) groups excluding carboxylic acids is 1. The van der Waals surface area contributed by atoms with Crippen molar-refractivity contribution in [2.45, 2.75) is 0 Å². The average Bonchev–Trinajstić information content (AvgIpc) is 2.90. The Hall–Kier alpha value is -1.44. The molecule has 3 rings (SSSR count). The molecule has 2 aromatic rings. The van der Waals surface area contributed by atoms with E-state index in [1.54, 1.807) is 27.9 Å². The average molecular weight is 390 g/mol. The molecular weight excluding hydrogens is 375 g/mol. The smallest absolute Gasteiger partial charge is 0.275 e. The van der Waals surface area contributed by atoms with Crippen molar-refractivity contribution in [2.24, 2.45) is 0 Å². The minimum absolute atomic E-state index is 0. The summed E-state index contributed by atoms with van der Waals surface area (Å²) >= 11 is 3.38. The number of hydrogen-bond acceptors (Lipinski definition) is 3. The van der Waals surface area contributed by atoms with E-state index in [0.29, 0.717) is 28.9 Å². The summed E-state index contributed by atoms with van der Waals surface area (Å²) in [5, 5.41) is 7.53. The lowest BCUT2D eigenvalue weighted by Crippen LogP contribution is -2.46. The number of aromatic nitrogens is 2. The molecule has 0 unspecified atom stereocenters. The zero-order chi connectivity index (χ0) is 14.8. The highest BCUT2D eigenvalue weighted by atomic mass is 79.9. The first kappa shape index (κ1) is 16.9. The third-order valence-electron chi connectivity index (χ3n) is 3.37. The van der Waals surface area contributed by atoms with Gasteiger partial charge in [0.25, 0.3) is 5.91 Å². The highest BCUT2D eigenvalue weighted by molar-refractivity contribution is 9.10. The second-order valence-corrected chi connectivity index (χ2v) is 5.64. The minimum atomic E-state index is -0.304. The summed E-state index contributed by atoms with van der Waals surface area (Å²) in [6.07, 6.45) is 1.71. The number of nitrogens with zero attached hydrogens (tertiary/aromatic N) is 3. The minimum Gasteiger partial charge on any atom is -0.335 e. The molecule has 0 bridgehead atoms. The van der Waals surface area contributed by atoms with Gasteiger partial charge >= 0.3 is 0 Å². The molecule has 1 amide bonds. The standard InChI is InChI=1S/C14H14BrFN4O.ClH/c15-12-9-20(11-3-1-10(16)2-4-11)18-13(12)14(21)19-7-5-17-6-8-19;/h1-4,9,17H,5-8H2;1H. The molecule has 0 radical (unpaired) electrons. The van der Waals surface area contributed by atoms with E-state index in [-0.39, 0.29) is 24.1 Å². The fourth-order valence-electron chi connectivity index (χ4n) is 2.24. The fraction of sp³-hybridized carbons (Fsp3) is 0.286. The van der Waals surface area contributed by atoms with Crippen molar-refractivity contribution in [3.8, 4) is 5.69 Å². The third kappa shape index (κ3) is 3.48. The van der Waals surface area contributed by atoms with Gasteiger partial charge in [0.15, 0.2) is 5.69 Å². The van der Waals surface area contributed by atoms with Gasteiger partial charge < -0.3 is 10.2 Å². The number of amides is 1. The van der Waals surface area contributed by atoms with Gasteiger partial charge in [0.05, 0.1) is 10.2 Å². The molecule has 2 heterocycles. The normalized spacial score (nSPS) is 14.5. The van der Waals surface area contributed by atoms with E-state index in [4.69, 9.17) is 0 Å². The number of nitrogens with one attached hydrogen (secondary N) is 1. The van der Waals surface area contributed by atoms with Crippen LogP contribution in [0.25, 0.3) is 5.69 Å². The van der Waals surface area contributed by atoms with Crippen LogP contribution >= 0.6 is 28.3 Å². The highest BCUT2D eigenvalue weighted by Crippen LogP contribution is 2.20. The molecule has 1 fully saturated rings. The summed E-state index contributed by atoms with van der Waals surface area (Å²) in [5.74, 6) is -0.397. The Morgan fingerprint density at radius 3 is 2.50 bits per heavy atom. The highest BCUT2D eigenvalue weighted by Gasteiger charge is 2.23. The first-order chi connectivity index (χ1) is 10.1. The maximum absolute atomic E-state index is 13.0. The number of piperazine rings is 1. The number of halogens is 3. The van der Waals surface area contributed by atoms with E-state index in [1.807, 2.05) is 0 Å². The van der Waals surface area contributed by atoms with Crippen LogP contribution in [0.5, 0.6) is 0 Å². The third-order valence-corrected chi connectivity index (χ3v) is 3.95. The quantitative estimate of drug-likeness (QED) is 0.857. The fourth-order valence-corrected chi connectivity index (χ4v) is 2.68. The Balaban J connectivity index is 0.00000176. The van der Waals surface area contributed by atoms with Crippen LogP contribution in [-0.2, 0) is 0 Å². The Morgan fingerprint density at radius 1 is 1.23 bits per heavy atom. The van der Waals surface area contributed by atoms with Gasteiger partial charge in [0, 0.05) is 32.4 Å². The maximum Gasteiger partial charge on any atom is 0.275 e. The molecule has 1 aromatic carbocycles. The van der Waals surface area contributed by atoms with E-state index in [1.165, 1.54) is 12.1 Å². The molecule has 118 valence electrons. The van der Waals surface area contributed by atoms with Crippen molar-refractivity contribution < 1.29 is 9.18 Å². The van der Waals surface area contributed by atoms with E-state index in [0.717, 1.165) is 13.1 Å². The Bertz CT molecular complexity index is 655. The molecule has 0 aliphatic carbocycles. The van der Waals surface area contributed by atoms with Gasteiger partial charge in [-0.25, -0.2) is 9.07 Å². The van der Waals surface area contributed by atoms with Crippen molar-refractivity contribution in [2.75, 3.05) is 26.2 Å². The number of benzene rings is 1. The van der Waals surface area contributed by atoms with Crippen LogP contribution in [0.15, 0.2) is 34.9 Å². The van der Waals surface area contributed by atoms with Crippen LogP contribution in [0.1, 0.15) is 10.5 Å². The van der Waals surface area contributed by atoms with Crippen molar-refractivity contribution in [3.63, 3.8) is 0 Å². The van der Waals surface area contributed by atoms with Gasteiger partial charge in [-0.05, 0) is 40.2 Å². The molecule has 22 heavy (non-hydrogen) atoms. The second kappa shape index (κ2) is 7.21. The Morgan fingerprint density at radius 2 is 1.86 bits per heavy atom. The molecule has 1 saturated heterocycles. The topological polar surface area (TPSA) is 50.2 Å². The van der Waals surface area contributed by atoms with Gasteiger partial charge in [0.2, 0.25) is 0 Å². The Labute approximate surface area is 142 Å². The van der Waals surface area contributed by atoms with Crippen LogP contribution in [0, 0.1) is 5.82 Å². The van der Waals surface area contributed by atoms with Crippen molar-refractivity contribution in [3.05, 3.63) is 46.4 Å². The lowest BCUT2D eigenvalue weighted by Gasteiger charge is -2.26. The number of rotatable bonds is 2. The van der Waals surface area contributed by atoms with Crippen LogP contribution < -0.4 is 5.32 Å². The number of hydrogen-bond donors (Lipinski definition) is 1. The Kier molecular flexibility index (Phi) is 5.55. The van der Waals surface area contributed by atoms with Gasteiger partial charge in [-0.2, -0.15) is 5.10 Å². The van der Waals surface area contributed by atoms with E-state index in [2.05, 4.69) is 26.3 Å². The van der Waals surface area contributed by atoms with Gasteiger partial charge in [-0.15, -0.1) is 12.4 Å². The lowest BCUT2D eigenvalue weighted by molar-refractivity contribution is 0.0728. The second-order valence-electron chi connectivity index (χ2n) is 4.79. The molecular formula is C14H15BrClFN4O. The van der Waals surface area contributed by atoms with E-state index >= 15 is 0 Å². The van der Waals surface area contributed by atoms with Crippen LogP contribution in [0.2, 0.25) is 0 Å². The molecule has 1 aromatic heterocycles. The molecule has 1 aliphatic rings. The van der Waals surface area contributed by atoms with Gasteiger partial charge in [0.1, 0.15) is 5.82 Å². The summed E-state index contributed by atoms with van der Waals surface area (Å²) in [7, 11) is 0. The molecule has 5 nitrogen and oxygen atoms in total. The van der Waals surface area contributed by atoms with Crippen LogP contribution in [-0.4, -0.2) is 46.8 Å². The lowest BCUT2D eigenvalue weighted by atomic mass is 10.3. The maximum atomic E-state index is 13.0. The number of carbonyl (C=O) groups is 1. The molecule has 0 atom stereocenters. The first-order valence-corrected chi connectivity index (χ1v) is 7.45. The molecule has 0 spiro atoms. The summed E-state index contributed by atoms with van der Waals surface area (Å²) in [4.78, 5) is 14.2.